The molecule has 0 fully saturated rings. The molecule has 2 heterocycles. The van der Waals surface area contributed by atoms with Crippen LogP contribution in [0.15, 0.2) is 35.5 Å². The lowest BCUT2D eigenvalue weighted by molar-refractivity contribution is 0.171. The van der Waals surface area contributed by atoms with E-state index in [1.807, 2.05) is 0 Å². The normalized spacial score (nSPS) is 13.8. The van der Waals surface area contributed by atoms with Crippen LogP contribution in [0.3, 0.4) is 0 Å². The smallest absolute Gasteiger partial charge is 0.264 e. The third-order valence-corrected chi connectivity index (χ3v) is 4.23. The van der Waals surface area contributed by atoms with Gasteiger partial charge in [-0.05, 0) is 23.7 Å². The molecule has 0 bridgehead atoms. The minimum Gasteiger partial charge on any atom is -0.486 e. The van der Waals surface area contributed by atoms with E-state index in [0.717, 1.165) is 12.4 Å². The zero-order valence-corrected chi connectivity index (χ0v) is 12.2. The SMILES string of the molecule is O=S(=O)(Nc1ccc2c(c1)OCCO2)c1cnc(Cl)nc1. The molecule has 1 aliphatic rings. The van der Waals surface area contributed by atoms with Crippen LogP contribution < -0.4 is 14.2 Å². The molecule has 0 spiro atoms. The van der Waals surface area contributed by atoms with E-state index < -0.39 is 10.0 Å². The summed E-state index contributed by atoms with van der Waals surface area (Å²) in [6, 6.07) is 4.79. The summed E-state index contributed by atoms with van der Waals surface area (Å²) >= 11 is 5.53. The third-order valence-electron chi connectivity index (χ3n) is 2.70. The summed E-state index contributed by atoms with van der Waals surface area (Å²) in [7, 11) is -3.79. The van der Waals surface area contributed by atoms with Crippen molar-refractivity contribution >= 4 is 27.3 Å². The highest BCUT2D eigenvalue weighted by atomic mass is 35.5. The standard InChI is InChI=1S/C12H10ClN3O4S/c13-12-14-6-9(7-15-12)21(17,18)16-8-1-2-10-11(5-8)20-4-3-19-10/h1-2,5-7,16H,3-4H2. The average Bonchev–Trinajstić information content (AvgIpc) is 2.47. The summed E-state index contributed by atoms with van der Waals surface area (Å²) in [5, 5.41) is -0.0201. The zero-order chi connectivity index (χ0) is 14.9. The van der Waals surface area contributed by atoms with Crippen molar-refractivity contribution < 1.29 is 17.9 Å². The molecule has 21 heavy (non-hydrogen) atoms. The number of fused-ring (bicyclic) bond motifs is 1. The van der Waals surface area contributed by atoms with Gasteiger partial charge in [-0.1, -0.05) is 0 Å². The fourth-order valence-electron chi connectivity index (χ4n) is 1.76. The van der Waals surface area contributed by atoms with Crippen LogP contribution in [-0.2, 0) is 10.0 Å². The Morgan fingerprint density at radius 3 is 2.48 bits per heavy atom. The molecule has 0 aliphatic carbocycles. The second-order valence-corrected chi connectivity index (χ2v) is 6.17. The van der Waals surface area contributed by atoms with Crippen molar-refractivity contribution in [3.63, 3.8) is 0 Å². The van der Waals surface area contributed by atoms with Crippen LogP contribution in [0.25, 0.3) is 0 Å². The Morgan fingerprint density at radius 2 is 1.76 bits per heavy atom. The fraction of sp³-hybridized carbons (Fsp3) is 0.167. The van der Waals surface area contributed by atoms with E-state index >= 15 is 0 Å². The van der Waals surface area contributed by atoms with E-state index in [9.17, 15) is 8.42 Å². The molecule has 110 valence electrons. The molecular weight excluding hydrogens is 318 g/mol. The van der Waals surface area contributed by atoms with Crippen LogP contribution in [0.1, 0.15) is 0 Å². The van der Waals surface area contributed by atoms with Crippen LogP contribution in [0, 0.1) is 0 Å². The number of sulfonamides is 1. The molecule has 2 aromatic rings. The van der Waals surface area contributed by atoms with E-state index in [0.29, 0.717) is 30.4 Å². The molecule has 0 unspecified atom stereocenters. The summed E-state index contributed by atoms with van der Waals surface area (Å²) in [5.41, 5.74) is 0.356. The van der Waals surface area contributed by atoms with Crippen LogP contribution >= 0.6 is 11.6 Å². The number of benzene rings is 1. The van der Waals surface area contributed by atoms with E-state index in [1.54, 1.807) is 18.2 Å². The van der Waals surface area contributed by atoms with Gasteiger partial charge in [0.2, 0.25) is 5.28 Å². The molecule has 1 aromatic heterocycles. The molecule has 3 rings (SSSR count). The first-order valence-corrected chi connectivity index (χ1v) is 7.81. The van der Waals surface area contributed by atoms with Gasteiger partial charge in [-0.25, -0.2) is 18.4 Å². The van der Waals surface area contributed by atoms with Crippen molar-refractivity contribution in [2.75, 3.05) is 17.9 Å². The second kappa shape index (κ2) is 5.38. The van der Waals surface area contributed by atoms with Crippen molar-refractivity contribution in [2.45, 2.75) is 4.90 Å². The number of hydrogen-bond acceptors (Lipinski definition) is 6. The molecule has 1 aliphatic heterocycles. The number of halogens is 1. The Bertz CT molecular complexity index is 765. The lowest BCUT2D eigenvalue weighted by Gasteiger charge is -2.19. The average molecular weight is 328 g/mol. The molecule has 0 saturated carbocycles. The van der Waals surface area contributed by atoms with Gasteiger partial charge in [-0.3, -0.25) is 4.72 Å². The van der Waals surface area contributed by atoms with Crippen LogP contribution in [0.5, 0.6) is 11.5 Å². The summed E-state index contributed by atoms with van der Waals surface area (Å²) in [6.45, 7) is 0.897. The Hall–Kier alpha value is -2.06. The molecular formula is C12H10ClN3O4S. The minimum atomic E-state index is -3.79. The van der Waals surface area contributed by atoms with Gasteiger partial charge in [-0.15, -0.1) is 0 Å². The lowest BCUT2D eigenvalue weighted by Crippen LogP contribution is -2.17. The Morgan fingerprint density at radius 1 is 1.10 bits per heavy atom. The molecule has 9 heteroatoms. The highest BCUT2D eigenvalue weighted by Gasteiger charge is 2.18. The highest BCUT2D eigenvalue weighted by Crippen LogP contribution is 2.33. The lowest BCUT2D eigenvalue weighted by atomic mass is 10.3. The number of ether oxygens (including phenoxy) is 2. The first-order chi connectivity index (χ1) is 10.0. The van der Waals surface area contributed by atoms with Crippen molar-refractivity contribution in [1.29, 1.82) is 0 Å². The van der Waals surface area contributed by atoms with Gasteiger partial charge in [0.25, 0.3) is 10.0 Å². The maximum Gasteiger partial charge on any atom is 0.264 e. The van der Waals surface area contributed by atoms with E-state index in [2.05, 4.69) is 14.7 Å². The van der Waals surface area contributed by atoms with Gasteiger partial charge < -0.3 is 9.47 Å². The molecule has 0 radical (unpaired) electrons. The first-order valence-electron chi connectivity index (χ1n) is 5.95. The monoisotopic (exact) mass is 327 g/mol. The molecule has 1 aromatic carbocycles. The summed E-state index contributed by atoms with van der Waals surface area (Å²) in [4.78, 5) is 7.21. The largest absolute Gasteiger partial charge is 0.486 e. The number of rotatable bonds is 3. The Labute approximate surface area is 125 Å². The molecule has 0 saturated heterocycles. The number of aromatic nitrogens is 2. The van der Waals surface area contributed by atoms with E-state index in [-0.39, 0.29) is 10.2 Å². The summed E-state index contributed by atoms with van der Waals surface area (Å²) < 4.78 is 37.5. The number of anilines is 1. The van der Waals surface area contributed by atoms with Crippen LogP contribution in [0.4, 0.5) is 5.69 Å². The van der Waals surface area contributed by atoms with Crippen LogP contribution in [0.2, 0.25) is 5.28 Å². The zero-order valence-electron chi connectivity index (χ0n) is 10.6. The van der Waals surface area contributed by atoms with Crippen molar-refractivity contribution in [3.05, 3.63) is 35.9 Å². The maximum absolute atomic E-state index is 12.2. The van der Waals surface area contributed by atoms with Crippen molar-refractivity contribution in [3.8, 4) is 11.5 Å². The van der Waals surface area contributed by atoms with Gasteiger partial charge in [0.05, 0.1) is 18.1 Å². The van der Waals surface area contributed by atoms with Crippen molar-refractivity contribution in [2.24, 2.45) is 0 Å². The van der Waals surface area contributed by atoms with E-state index in [4.69, 9.17) is 21.1 Å². The first kappa shape index (κ1) is 13.9. The Balaban J connectivity index is 1.87. The van der Waals surface area contributed by atoms with Crippen molar-refractivity contribution in [1.82, 2.24) is 9.97 Å². The number of hydrogen-bond donors (Lipinski definition) is 1. The topological polar surface area (TPSA) is 90.4 Å². The quantitative estimate of drug-likeness (QED) is 0.863. The maximum atomic E-state index is 12.2. The highest BCUT2D eigenvalue weighted by molar-refractivity contribution is 7.92. The number of nitrogens with zero attached hydrogens (tertiary/aromatic N) is 2. The second-order valence-electron chi connectivity index (χ2n) is 4.15. The van der Waals surface area contributed by atoms with Gasteiger partial charge in [-0.2, -0.15) is 0 Å². The van der Waals surface area contributed by atoms with Crippen LogP contribution in [-0.4, -0.2) is 31.6 Å². The van der Waals surface area contributed by atoms with Gasteiger partial charge >= 0.3 is 0 Å². The van der Waals surface area contributed by atoms with Gasteiger partial charge in [0.15, 0.2) is 11.5 Å². The predicted molar refractivity (Wildman–Crippen MR) is 75.3 cm³/mol. The fourth-order valence-corrected chi connectivity index (χ4v) is 2.80. The Kier molecular flexibility index (Phi) is 3.56. The van der Waals surface area contributed by atoms with Gasteiger partial charge in [0.1, 0.15) is 18.1 Å². The molecule has 1 N–H and O–H groups in total. The van der Waals surface area contributed by atoms with Gasteiger partial charge in [0, 0.05) is 6.07 Å². The predicted octanol–water partition coefficient (Wildman–Crippen LogP) is 1.70. The number of nitrogens with one attached hydrogen (secondary N) is 1. The van der Waals surface area contributed by atoms with E-state index in [1.165, 1.54) is 0 Å². The third kappa shape index (κ3) is 3.01. The summed E-state index contributed by atoms with van der Waals surface area (Å²) in [6.07, 6.45) is 2.27. The molecule has 0 amide bonds. The molecule has 7 nitrogen and oxygen atoms in total. The summed E-state index contributed by atoms with van der Waals surface area (Å²) in [5.74, 6) is 1.08. The molecule has 0 atom stereocenters. The minimum absolute atomic E-state index is 0.0201.